The summed E-state index contributed by atoms with van der Waals surface area (Å²) in [6.07, 6.45) is 3.81. The molecule has 5 rings (SSSR count). The number of phenols is 2. The maximum absolute atomic E-state index is 14.2. The van der Waals surface area contributed by atoms with Gasteiger partial charge < -0.3 is 36.3 Å². The number of phenolic OH excluding ortho intramolecular Hbond substituents is 2. The fourth-order valence-corrected chi connectivity index (χ4v) is 8.53. The fraction of sp³-hybridized carbons (Fsp3) is 0.192. The molecule has 45 heavy (non-hydrogen) atoms. The topological polar surface area (TPSA) is 255 Å². The maximum Gasteiger partial charge on any atom is 0.352 e. The highest BCUT2D eigenvalue weighted by Gasteiger charge is 2.71. The van der Waals surface area contributed by atoms with Gasteiger partial charge in [0.2, 0.25) is 0 Å². The number of nitrogen functional groups attached to an aromatic ring is 2. The van der Waals surface area contributed by atoms with Crippen LogP contribution < -0.4 is 21.6 Å². The molecule has 0 saturated carbocycles. The van der Waals surface area contributed by atoms with E-state index in [1.165, 1.54) is 23.2 Å². The highest BCUT2D eigenvalue weighted by Crippen LogP contribution is 2.61. The van der Waals surface area contributed by atoms with Crippen LogP contribution in [0.25, 0.3) is 0 Å². The molecule has 1 saturated heterocycles. The van der Waals surface area contributed by atoms with Crippen molar-refractivity contribution in [3.05, 3.63) is 70.6 Å². The Kier molecular flexibility index (Phi) is 8.25. The van der Waals surface area contributed by atoms with Gasteiger partial charge in [-0.2, -0.15) is 0 Å². The van der Waals surface area contributed by atoms with Crippen molar-refractivity contribution in [3.63, 3.8) is 0 Å². The van der Waals surface area contributed by atoms with Gasteiger partial charge in [0, 0.05) is 33.7 Å². The Labute approximate surface area is 266 Å². The third-order valence-corrected chi connectivity index (χ3v) is 10.5. The van der Waals surface area contributed by atoms with Crippen LogP contribution in [0.4, 0.5) is 5.13 Å². The molecule has 9 N–H and O–H groups in total. The number of nitrogens with one attached hydrogen (secondary N) is 1. The first-order valence-electron chi connectivity index (χ1n) is 12.6. The second-order valence-corrected chi connectivity index (χ2v) is 12.8. The van der Waals surface area contributed by atoms with E-state index in [1.54, 1.807) is 24.5 Å². The summed E-state index contributed by atoms with van der Waals surface area (Å²) in [7, 11) is 1.18. The number of rotatable bonds is 10. The number of β-lactam (4-membered cyclic amide) rings is 1. The van der Waals surface area contributed by atoms with E-state index >= 15 is 0 Å². The number of aromatic hydroxyl groups is 2. The number of pyridine rings is 1. The van der Waals surface area contributed by atoms with Crippen LogP contribution in [0.5, 0.6) is 11.5 Å². The van der Waals surface area contributed by atoms with E-state index in [0.717, 1.165) is 46.3 Å². The predicted molar refractivity (Wildman–Crippen MR) is 161 cm³/mol. The van der Waals surface area contributed by atoms with Crippen LogP contribution in [0.2, 0.25) is 0 Å². The molecule has 1 fully saturated rings. The molecule has 2 aromatic heterocycles. The number of hydrogen-bond acceptors (Lipinski definition) is 14. The quantitative estimate of drug-likeness (QED) is 0.0287. The predicted octanol–water partition coefficient (Wildman–Crippen LogP) is 0.108. The molecule has 2 aliphatic heterocycles. The molecular weight excluding hydrogens is 651 g/mol. The molecule has 3 atom stereocenters. The van der Waals surface area contributed by atoms with Crippen molar-refractivity contribution in [2.24, 2.45) is 5.16 Å². The first kappa shape index (κ1) is 31.4. The van der Waals surface area contributed by atoms with Crippen LogP contribution in [0.1, 0.15) is 11.3 Å². The van der Waals surface area contributed by atoms with Gasteiger partial charge in [0.1, 0.15) is 24.4 Å². The Morgan fingerprint density at radius 3 is 2.51 bits per heavy atom. The normalized spacial score (nSPS) is 22.6. The molecule has 0 aliphatic carbocycles. The number of hydrogen-bond donors (Lipinski definition) is 7. The lowest BCUT2D eigenvalue weighted by Crippen LogP contribution is -2.79. The van der Waals surface area contributed by atoms with Crippen molar-refractivity contribution in [3.8, 4) is 11.5 Å². The third-order valence-electron chi connectivity index (χ3n) is 7.02. The summed E-state index contributed by atoms with van der Waals surface area (Å²) in [4.78, 5) is 63.9. The Balaban J connectivity index is 1.75. The number of thiazole rings is 1. The van der Waals surface area contributed by atoms with Gasteiger partial charge in [0.25, 0.3) is 11.8 Å². The molecule has 3 aromatic rings. The number of thioether (sulfide) groups is 2. The number of nitrogens with two attached hydrogens (primary N) is 2. The lowest BCUT2D eigenvalue weighted by molar-refractivity contribution is -0.639. The molecule has 4 heterocycles. The zero-order valence-electron chi connectivity index (χ0n) is 23.0. The number of carboxylic acid groups (broad SMARTS) is 2. The highest BCUT2D eigenvalue weighted by atomic mass is 32.2. The second-order valence-electron chi connectivity index (χ2n) is 9.52. The zero-order valence-corrected chi connectivity index (χ0v) is 25.4. The van der Waals surface area contributed by atoms with Gasteiger partial charge in [-0.1, -0.05) is 15.9 Å². The molecule has 16 nitrogen and oxygen atoms in total. The van der Waals surface area contributed by atoms with Crippen molar-refractivity contribution in [2.75, 3.05) is 24.4 Å². The lowest BCUT2D eigenvalue weighted by atomic mass is 9.78. The largest absolute Gasteiger partial charge is 0.504 e. The minimum Gasteiger partial charge on any atom is -0.504 e. The average molecular weight is 675 g/mol. The number of carboxylic acids is 2. The second kappa shape index (κ2) is 11.8. The standard InChI is InChI=1S/C26H23N7O9S3/c1-42-29-9-18(36)31-25(12-2-3-15(34)16(35)8-12)21(39)33-19(20(37)38)14(10-43-13-4-6-32(28)7-5-13)26(23(40)41,45-22(25)33)17-11-44-24(27)30-17/h2-9,11,22H,10,28H2,1H3,(H6-,27,29,30,31,34,35,36,37,38,40,41)/p+1/t22-,25?,26-/m0/s1. The third kappa shape index (κ3) is 5.13. The van der Waals surface area contributed by atoms with Gasteiger partial charge in [0.05, 0.1) is 5.69 Å². The summed E-state index contributed by atoms with van der Waals surface area (Å²) in [5, 5.41) is 47.6. The molecule has 1 unspecified atom stereocenters. The molecular formula is C26H24N7O9S3+. The zero-order chi connectivity index (χ0) is 32.7. The Bertz CT molecular complexity index is 1780. The van der Waals surface area contributed by atoms with Gasteiger partial charge in [-0.25, -0.2) is 20.4 Å². The summed E-state index contributed by atoms with van der Waals surface area (Å²) in [6, 6.07) is 6.59. The molecule has 234 valence electrons. The average Bonchev–Trinajstić information content (AvgIpc) is 3.45. The fourth-order valence-electron chi connectivity index (χ4n) is 5.02. The van der Waals surface area contributed by atoms with Gasteiger partial charge in [-0.15, -0.1) is 34.9 Å². The monoisotopic (exact) mass is 674 g/mol. The number of amides is 2. The number of carbonyl (C=O) groups is 4. The number of benzene rings is 1. The first-order chi connectivity index (χ1) is 21.4. The van der Waals surface area contributed by atoms with E-state index in [1.807, 2.05) is 0 Å². The van der Waals surface area contributed by atoms with Crippen LogP contribution in [-0.2, 0) is 34.3 Å². The number of aliphatic carboxylic acids is 2. The number of anilines is 1. The van der Waals surface area contributed by atoms with Crippen LogP contribution in [-0.4, -0.2) is 78.5 Å². The van der Waals surface area contributed by atoms with Crippen LogP contribution in [0, 0.1) is 0 Å². The molecule has 2 aliphatic rings. The number of aromatic nitrogens is 2. The van der Waals surface area contributed by atoms with Gasteiger partial charge in [-0.05, 0) is 17.7 Å². The smallest absolute Gasteiger partial charge is 0.352 e. The van der Waals surface area contributed by atoms with E-state index in [0.29, 0.717) is 16.7 Å². The van der Waals surface area contributed by atoms with Crippen LogP contribution in [0.3, 0.4) is 0 Å². The summed E-state index contributed by atoms with van der Waals surface area (Å²) in [5.41, 5.74) is 2.77. The number of carbonyl (C=O) groups excluding carboxylic acids is 2. The molecule has 2 amide bonds. The highest BCUT2D eigenvalue weighted by molar-refractivity contribution is 8.02. The van der Waals surface area contributed by atoms with Gasteiger partial charge in [0.15, 0.2) is 39.3 Å². The van der Waals surface area contributed by atoms with Gasteiger partial charge in [-0.3, -0.25) is 14.5 Å². The van der Waals surface area contributed by atoms with E-state index in [4.69, 9.17) is 11.6 Å². The Morgan fingerprint density at radius 2 is 1.93 bits per heavy atom. The van der Waals surface area contributed by atoms with Crippen molar-refractivity contribution in [1.29, 1.82) is 0 Å². The molecule has 19 heteroatoms. The Hall–Kier alpha value is -5.01. The first-order valence-corrected chi connectivity index (χ1v) is 15.3. The van der Waals surface area contributed by atoms with E-state index in [2.05, 4.69) is 20.3 Å². The van der Waals surface area contributed by atoms with Crippen molar-refractivity contribution in [2.45, 2.75) is 20.6 Å². The van der Waals surface area contributed by atoms with E-state index in [-0.39, 0.29) is 27.7 Å². The van der Waals surface area contributed by atoms with E-state index < -0.39 is 56.6 Å². The minimum atomic E-state index is -2.23. The van der Waals surface area contributed by atoms with Crippen molar-refractivity contribution < 1.29 is 49.1 Å². The molecule has 0 bridgehead atoms. The number of nitrogens with zero attached hydrogens (tertiary/aromatic N) is 4. The summed E-state index contributed by atoms with van der Waals surface area (Å²) in [6.45, 7) is 0. The number of oxime groups is 1. The maximum atomic E-state index is 14.2. The van der Waals surface area contributed by atoms with E-state index in [9.17, 15) is 39.6 Å². The molecule has 0 radical (unpaired) electrons. The van der Waals surface area contributed by atoms with Crippen molar-refractivity contribution >= 4 is 70.0 Å². The lowest BCUT2D eigenvalue weighted by Gasteiger charge is -2.59. The summed E-state index contributed by atoms with van der Waals surface area (Å²) < 4.78 is -0.938. The van der Waals surface area contributed by atoms with Crippen LogP contribution >= 0.6 is 34.9 Å². The summed E-state index contributed by atoms with van der Waals surface area (Å²) >= 11 is 2.69. The SMILES string of the molecule is CO/N=C\C(=O)NC1(c2ccc(O)c(O)c2)C(=O)N2C(C(=O)O)=C(CSc3cc[n+](N)cc3)[C@@](C(=O)O)(c3csc(N)n3)S[C@H]21. The van der Waals surface area contributed by atoms with Crippen LogP contribution in [0.15, 0.2) is 69.4 Å². The Morgan fingerprint density at radius 1 is 1.22 bits per heavy atom. The minimum absolute atomic E-state index is 0.0107. The van der Waals surface area contributed by atoms with Crippen molar-refractivity contribution in [1.82, 2.24) is 15.2 Å². The molecule has 1 aromatic carbocycles. The van der Waals surface area contributed by atoms with Gasteiger partial charge >= 0.3 is 11.9 Å². The summed E-state index contributed by atoms with van der Waals surface area (Å²) in [5.74, 6) is -0.735. The number of fused-ring (bicyclic) bond motifs is 1. The molecule has 0 spiro atoms.